The fourth-order valence-corrected chi connectivity index (χ4v) is 2.70. The van der Waals surface area contributed by atoms with E-state index in [-0.39, 0.29) is 0 Å². The molecule has 0 saturated carbocycles. The Morgan fingerprint density at radius 2 is 1.90 bits per heavy atom. The van der Waals surface area contributed by atoms with Crippen molar-refractivity contribution >= 4 is 11.6 Å². The minimum absolute atomic E-state index is 0.544. The number of rotatable bonds is 7. The van der Waals surface area contributed by atoms with Crippen LogP contribution >= 0.6 is 11.6 Å². The highest BCUT2D eigenvalue weighted by Crippen LogP contribution is 2.24. The summed E-state index contributed by atoms with van der Waals surface area (Å²) in [5.41, 5.74) is 1.14. The Kier molecular flexibility index (Phi) is 6.64. The molecule has 2 rings (SSSR count). The number of nitrogens with zero attached hydrogens (tertiary/aromatic N) is 1. The van der Waals surface area contributed by atoms with Crippen LogP contribution in [0.2, 0.25) is 5.02 Å². The maximum atomic E-state index is 6.10. The van der Waals surface area contributed by atoms with Gasteiger partial charge in [0.25, 0.3) is 0 Å². The summed E-state index contributed by atoms with van der Waals surface area (Å²) in [6, 6.07) is 5.82. The Morgan fingerprint density at radius 1 is 1.10 bits per heavy atom. The van der Waals surface area contributed by atoms with Crippen molar-refractivity contribution in [3.05, 3.63) is 28.8 Å². The van der Waals surface area contributed by atoms with Crippen LogP contribution in [0.25, 0.3) is 0 Å². The second kappa shape index (κ2) is 8.50. The highest BCUT2D eigenvalue weighted by Gasteiger charge is 2.09. The molecule has 0 radical (unpaired) electrons. The van der Waals surface area contributed by atoms with Crippen molar-refractivity contribution in [2.45, 2.75) is 26.2 Å². The number of aryl methyl sites for hydroxylation is 1. The van der Waals surface area contributed by atoms with Crippen LogP contribution in [0.3, 0.4) is 0 Å². The van der Waals surface area contributed by atoms with Crippen molar-refractivity contribution in [1.82, 2.24) is 4.90 Å². The first kappa shape index (κ1) is 15.6. The van der Waals surface area contributed by atoms with Gasteiger partial charge in [-0.15, -0.1) is 0 Å². The zero-order valence-corrected chi connectivity index (χ0v) is 13.0. The van der Waals surface area contributed by atoms with Gasteiger partial charge in [-0.3, -0.25) is 0 Å². The van der Waals surface area contributed by atoms with E-state index in [2.05, 4.69) is 4.90 Å². The minimum atomic E-state index is 0.544. The first-order valence-electron chi connectivity index (χ1n) is 7.45. The molecule has 1 fully saturated rings. The summed E-state index contributed by atoms with van der Waals surface area (Å²) in [4.78, 5) is 2.47. The Bertz CT molecular complexity index is 405. The van der Waals surface area contributed by atoms with E-state index in [0.29, 0.717) is 18.2 Å². The highest BCUT2D eigenvalue weighted by atomic mass is 35.5. The molecule has 1 heterocycles. The van der Waals surface area contributed by atoms with Crippen molar-refractivity contribution in [2.75, 3.05) is 39.5 Å². The lowest BCUT2D eigenvalue weighted by atomic mass is 10.1. The third-order valence-electron chi connectivity index (χ3n) is 3.57. The van der Waals surface area contributed by atoms with E-state index in [1.165, 1.54) is 32.4 Å². The van der Waals surface area contributed by atoms with Gasteiger partial charge in [-0.25, -0.2) is 0 Å². The largest absolute Gasteiger partial charge is 0.490 e. The van der Waals surface area contributed by atoms with Crippen LogP contribution in [0, 0.1) is 6.92 Å². The smallest absolute Gasteiger partial charge is 0.138 e. The zero-order chi connectivity index (χ0) is 14.2. The maximum absolute atomic E-state index is 6.10. The van der Waals surface area contributed by atoms with Gasteiger partial charge in [-0.1, -0.05) is 24.1 Å². The fourth-order valence-electron chi connectivity index (χ4n) is 2.41. The van der Waals surface area contributed by atoms with Crippen molar-refractivity contribution in [3.8, 4) is 5.75 Å². The summed E-state index contributed by atoms with van der Waals surface area (Å²) in [6.45, 7) is 7.42. The first-order valence-corrected chi connectivity index (χ1v) is 7.82. The monoisotopic (exact) mass is 297 g/mol. The van der Waals surface area contributed by atoms with E-state index in [1.54, 1.807) is 0 Å². The number of piperidine rings is 1. The molecule has 1 aliphatic rings. The van der Waals surface area contributed by atoms with Crippen molar-refractivity contribution in [1.29, 1.82) is 0 Å². The quantitative estimate of drug-likeness (QED) is 0.719. The van der Waals surface area contributed by atoms with Gasteiger partial charge in [-0.05, 0) is 50.6 Å². The fraction of sp³-hybridized carbons (Fsp3) is 0.625. The molecule has 0 amide bonds. The molecule has 0 aliphatic carbocycles. The van der Waals surface area contributed by atoms with Crippen molar-refractivity contribution < 1.29 is 9.47 Å². The van der Waals surface area contributed by atoms with Gasteiger partial charge in [0.15, 0.2) is 0 Å². The van der Waals surface area contributed by atoms with Crippen LogP contribution in [0.15, 0.2) is 18.2 Å². The summed E-state index contributed by atoms with van der Waals surface area (Å²) in [7, 11) is 0. The molecule has 1 aliphatic heterocycles. The van der Waals surface area contributed by atoms with Crippen molar-refractivity contribution in [2.24, 2.45) is 0 Å². The molecule has 0 aromatic heterocycles. The molecule has 0 unspecified atom stereocenters. The molecule has 3 nitrogen and oxygen atoms in total. The average molecular weight is 298 g/mol. The molecule has 0 atom stereocenters. The zero-order valence-electron chi connectivity index (χ0n) is 12.2. The van der Waals surface area contributed by atoms with E-state index in [9.17, 15) is 0 Å². The Labute approximate surface area is 126 Å². The predicted molar refractivity (Wildman–Crippen MR) is 82.8 cm³/mol. The number of likely N-dealkylation sites (tertiary alicyclic amines) is 1. The second-order valence-electron chi connectivity index (χ2n) is 5.30. The van der Waals surface area contributed by atoms with Gasteiger partial charge < -0.3 is 14.4 Å². The van der Waals surface area contributed by atoms with Crippen LogP contribution in [0.4, 0.5) is 0 Å². The minimum Gasteiger partial charge on any atom is -0.490 e. The Hall–Kier alpha value is -0.770. The van der Waals surface area contributed by atoms with Crippen LogP contribution in [-0.2, 0) is 4.74 Å². The molecule has 0 bridgehead atoms. The van der Waals surface area contributed by atoms with Crippen LogP contribution in [0.5, 0.6) is 5.75 Å². The lowest BCUT2D eigenvalue weighted by Gasteiger charge is -2.26. The SMILES string of the molecule is Cc1ccc(OCCOCCN2CCCCC2)c(Cl)c1. The summed E-state index contributed by atoms with van der Waals surface area (Å²) in [5, 5.41) is 0.665. The number of halogens is 1. The van der Waals surface area contributed by atoms with Gasteiger partial charge >= 0.3 is 0 Å². The van der Waals surface area contributed by atoms with E-state index < -0.39 is 0 Å². The Morgan fingerprint density at radius 3 is 2.65 bits per heavy atom. The van der Waals surface area contributed by atoms with Crippen LogP contribution in [-0.4, -0.2) is 44.4 Å². The third-order valence-corrected chi connectivity index (χ3v) is 3.87. The second-order valence-corrected chi connectivity index (χ2v) is 5.70. The van der Waals surface area contributed by atoms with Gasteiger partial charge in [0.2, 0.25) is 0 Å². The summed E-state index contributed by atoms with van der Waals surface area (Å²) < 4.78 is 11.2. The lowest BCUT2D eigenvalue weighted by molar-refractivity contribution is 0.0751. The van der Waals surface area contributed by atoms with Crippen molar-refractivity contribution in [3.63, 3.8) is 0 Å². The number of hydrogen-bond donors (Lipinski definition) is 0. The van der Waals surface area contributed by atoms with Crippen LogP contribution < -0.4 is 4.74 Å². The predicted octanol–water partition coefficient (Wildman–Crippen LogP) is 3.53. The lowest BCUT2D eigenvalue weighted by Crippen LogP contribution is -2.32. The summed E-state index contributed by atoms with van der Waals surface area (Å²) in [5.74, 6) is 0.733. The van der Waals surface area contributed by atoms with E-state index >= 15 is 0 Å². The number of benzene rings is 1. The molecule has 0 spiro atoms. The summed E-state index contributed by atoms with van der Waals surface area (Å²) in [6.07, 6.45) is 4.03. The molecule has 4 heteroatoms. The molecule has 1 saturated heterocycles. The standard InChI is InChI=1S/C16H24ClNO2/c1-14-5-6-16(15(17)13-14)20-12-11-19-10-9-18-7-3-2-4-8-18/h5-6,13H,2-4,7-12H2,1H3. The Balaban J connectivity index is 1.55. The van der Waals surface area contributed by atoms with Gasteiger partial charge in [0.05, 0.1) is 18.2 Å². The number of ether oxygens (including phenoxy) is 2. The topological polar surface area (TPSA) is 21.7 Å². The average Bonchev–Trinajstić information content (AvgIpc) is 2.46. The highest BCUT2D eigenvalue weighted by molar-refractivity contribution is 6.32. The number of hydrogen-bond acceptors (Lipinski definition) is 3. The van der Waals surface area contributed by atoms with E-state index in [4.69, 9.17) is 21.1 Å². The first-order chi connectivity index (χ1) is 9.75. The molecule has 112 valence electrons. The van der Waals surface area contributed by atoms with Gasteiger partial charge in [-0.2, -0.15) is 0 Å². The normalized spacial score (nSPS) is 16.3. The summed E-state index contributed by atoms with van der Waals surface area (Å²) >= 11 is 6.10. The van der Waals surface area contributed by atoms with Gasteiger partial charge in [0, 0.05) is 6.54 Å². The van der Waals surface area contributed by atoms with E-state index in [0.717, 1.165) is 24.5 Å². The molecule has 1 aromatic rings. The molecule has 1 aromatic carbocycles. The van der Waals surface area contributed by atoms with Gasteiger partial charge in [0.1, 0.15) is 12.4 Å². The molecular formula is C16H24ClNO2. The molecule has 0 N–H and O–H groups in total. The maximum Gasteiger partial charge on any atom is 0.138 e. The third kappa shape index (κ3) is 5.31. The van der Waals surface area contributed by atoms with E-state index in [1.807, 2.05) is 25.1 Å². The molecular weight excluding hydrogens is 274 g/mol. The molecule has 20 heavy (non-hydrogen) atoms. The van der Waals surface area contributed by atoms with Crippen LogP contribution in [0.1, 0.15) is 24.8 Å².